The van der Waals surface area contributed by atoms with Crippen molar-refractivity contribution in [3.63, 3.8) is 0 Å². The summed E-state index contributed by atoms with van der Waals surface area (Å²) in [7, 11) is 1.55. The predicted octanol–water partition coefficient (Wildman–Crippen LogP) is 2.22. The van der Waals surface area contributed by atoms with Crippen LogP contribution in [-0.4, -0.2) is 38.5 Å². The molecule has 24 heavy (non-hydrogen) atoms. The molecule has 0 aromatic heterocycles. The number of nitrogens with zero attached hydrogens (tertiary/aromatic N) is 3. The van der Waals surface area contributed by atoms with Crippen LogP contribution in [-0.2, 0) is 4.84 Å². The number of nitrogens with two attached hydrogens (primary N) is 2. The van der Waals surface area contributed by atoms with E-state index in [1.807, 2.05) is 0 Å². The zero-order valence-corrected chi connectivity index (χ0v) is 15.1. The first-order valence-electron chi connectivity index (χ1n) is 6.67. The van der Waals surface area contributed by atoms with Crippen molar-refractivity contribution in [3.05, 3.63) is 27.2 Å². The smallest absolute Gasteiger partial charge is 0.224 e. The number of rotatable bonds is 7. The summed E-state index contributed by atoms with van der Waals surface area (Å²) < 4.78 is 5.49. The van der Waals surface area contributed by atoms with Gasteiger partial charge in [-0.2, -0.15) is 4.99 Å². The highest BCUT2D eigenvalue weighted by molar-refractivity contribution is 6.43. The molecule has 0 amide bonds. The van der Waals surface area contributed by atoms with Gasteiger partial charge in [-0.25, -0.2) is 10.5 Å². The Morgan fingerprint density at radius 2 is 1.88 bits per heavy atom. The van der Waals surface area contributed by atoms with E-state index >= 15 is 0 Å². The number of guanidine groups is 2. The molecule has 0 fully saturated rings. The van der Waals surface area contributed by atoms with Gasteiger partial charge in [-0.05, 0) is 6.07 Å². The van der Waals surface area contributed by atoms with Crippen molar-refractivity contribution < 1.29 is 9.57 Å². The lowest BCUT2D eigenvalue weighted by atomic mass is 10.3. The average Bonchev–Trinajstić information content (AvgIpc) is 2.53. The van der Waals surface area contributed by atoms with Crippen molar-refractivity contribution in [2.75, 3.05) is 20.3 Å². The van der Waals surface area contributed by atoms with Gasteiger partial charge in [0.25, 0.3) is 0 Å². The van der Waals surface area contributed by atoms with Crippen molar-refractivity contribution in [1.82, 2.24) is 5.48 Å². The highest BCUT2D eigenvalue weighted by Gasteiger charge is 2.06. The molecule has 0 heterocycles. The van der Waals surface area contributed by atoms with Crippen LogP contribution in [0, 0.1) is 0 Å². The first-order valence-corrected chi connectivity index (χ1v) is 7.80. The van der Waals surface area contributed by atoms with Crippen molar-refractivity contribution in [1.29, 1.82) is 0 Å². The van der Waals surface area contributed by atoms with E-state index in [4.69, 9.17) is 55.8 Å². The maximum Gasteiger partial charge on any atom is 0.224 e. The van der Waals surface area contributed by atoms with Crippen LogP contribution >= 0.6 is 34.8 Å². The highest BCUT2D eigenvalue weighted by atomic mass is 35.5. The third kappa shape index (κ3) is 7.69. The Hall–Kier alpha value is -1.74. The molecule has 5 N–H and O–H groups in total. The van der Waals surface area contributed by atoms with Gasteiger partial charge in [0.05, 0.1) is 28.3 Å². The monoisotopic (exact) mass is 394 g/mol. The Bertz CT molecular complexity index is 636. The van der Waals surface area contributed by atoms with Crippen molar-refractivity contribution in [2.24, 2.45) is 26.4 Å². The largest absolute Gasteiger partial charge is 0.492 e. The fourth-order valence-electron chi connectivity index (χ4n) is 1.35. The Morgan fingerprint density at radius 3 is 2.58 bits per heavy atom. The Kier molecular flexibility index (Phi) is 9.24. The molecule has 1 aromatic rings. The van der Waals surface area contributed by atoms with E-state index < -0.39 is 0 Å². The quantitative estimate of drug-likeness (QED) is 0.215. The van der Waals surface area contributed by atoms with Gasteiger partial charge in [-0.1, -0.05) is 34.8 Å². The molecule has 0 aliphatic heterocycles. The predicted molar refractivity (Wildman–Crippen MR) is 98.3 cm³/mol. The number of hydroxylamine groups is 1. The van der Waals surface area contributed by atoms with Crippen LogP contribution in [0.5, 0.6) is 5.75 Å². The van der Waals surface area contributed by atoms with Crippen LogP contribution in [0.3, 0.4) is 0 Å². The average molecular weight is 396 g/mol. The minimum Gasteiger partial charge on any atom is -0.492 e. The summed E-state index contributed by atoms with van der Waals surface area (Å²) in [5, 5.41) is 1.11. The second-order valence-corrected chi connectivity index (χ2v) is 5.43. The van der Waals surface area contributed by atoms with E-state index in [9.17, 15) is 0 Å². The number of nitrogens with one attached hydrogen (secondary N) is 1. The molecule has 0 bridgehead atoms. The highest BCUT2D eigenvalue weighted by Crippen LogP contribution is 2.33. The molecule has 0 aliphatic carbocycles. The first kappa shape index (κ1) is 20.3. The van der Waals surface area contributed by atoms with Gasteiger partial charge in [0, 0.05) is 19.5 Å². The zero-order valence-electron chi connectivity index (χ0n) is 12.8. The van der Waals surface area contributed by atoms with Crippen LogP contribution < -0.4 is 21.7 Å². The number of aliphatic imine (C=N–C) groups is 3. The van der Waals surface area contributed by atoms with Gasteiger partial charge >= 0.3 is 0 Å². The summed E-state index contributed by atoms with van der Waals surface area (Å²) in [6.45, 7) is 0.662. The Morgan fingerprint density at radius 1 is 1.17 bits per heavy atom. The number of hydrogen-bond donors (Lipinski definition) is 3. The molecule has 11 heteroatoms. The van der Waals surface area contributed by atoms with Gasteiger partial charge in [0.15, 0.2) is 0 Å². The molecule has 0 saturated carbocycles. The molecule has 132 valence electrons. The SMILES string of the molecule is CN=CN=C(N)/N=C(\N)NOCCCOc1cc(Cl)c(Cl)cc1Cl. The van der Waals surface area contributed by atoms with Gasteiger partial charge in [0.1, 0.15) is 12.1 Å². The molecule has 0 saturated heterocycles. The fraction of sp³-hybridized carbons (Fsp3) is 0.308. The van der Waals surface area contributed by atoms with Crippen LogP contribution in [0.4, 0.5) is 0 Å². The summed E-state index contributed by atoms with van der Waals surface area (Å²) in [6, 6.07) is 3.07. The van der Waals surface area contributed by atoms with E-state index in [1.54, 1.807) is 13.1 Å². The molecule has 8 nitrogen and oxygen atoms in total. The number of benzene rings is 1. The molecular formula is C13H17Cl3N6O2. The summed E-state index contributed by atoms with van der Waals surface area (Å²) in [5.41, 5.74) is 13.4. The molecule has 0 aliphatic rings. The summed E-state index contributed by atoms with van der Waals surface area (Å²) >= 11 is 17.7. The maximum atomic E-state index is 5.99. The third-order valence-corrected chi connectivity index (χ3v) is 3.36. The molecule has 0 unspecified atom stereocenters. The molecule has 0 spiro atoms. The standard InChI is InChI=1S/C13H17Cl3N6O2/c1-19-7-20-12(17)21-13(18)22-24-4-2-3-23-11-6-9(15)8(14)5-10(11)16/h5-7H,2-4H2,1H3,(H5,17,18,19,20,21,22). The lowest BCUT2D eigenvalue weighted by Gasteiger charge is -2.10. The summed E-state index contributed by atoms with van der Waals surface area (Å²) in [5.74, 6) is 0.364. The van der Waals surface area contributed by atoms with Crippen molar-refractivity contribution in [2.45, 2.75) is 6.42 Å². The lowest BCUT2D eigenvalue weighted by molar-refractivity contribution is 0.0739. The van der Waals surface area contributed by atoms with Crippen LogP contribution in [0.15, 0.2) is 27.1 Å². The van der Waals surface area contributed by atoms with Crippen molar-refractivity contribution in [3.8, 4) is 5.75 Å². The fourth-order valence-corrected chi connectivity index (χ4v) is 1.94. The second-order valence-electron chi connectivity index (χ2n) is 4.21. The van der Waals surface area contributed by atoms with Crippen LogP contribution in [0.1, 0.15) is 6.42 Å². The van der Waals surface area contributed by atoms with E-state index in [0.29, 0.717) is 40.5 Å². The van der Waals surface area contributed by atoms with Gasteiger partial charge in [0.2, 0.25) is 11.9 Å². The minimum atomic E-state index is -0.0493. The molecule has 0 radical (unpaired) electrons. The molecule has 0 atom stereocenters. The van der Waals surface area contributed by atoms with Gasteiger partial charge in [-0.3, -0.25) is 9.83 Å². The lowest BCUT2D eigenvalue weighted by Crippen LogP contribution is -2.34. The normalized spacial score (nSPS) is 12.7. The number of hydrogen-bond acceptors (Lipinski definition) is 3. The molecular weight excluding hydrogens is 379 g/mol. The van der Waals surface area contributed by atoms with E-state index in [1.165, 1.54) is 12.4 Å². The zero-order chi connectivity index (χ0) is 17.9. The third-order valence-electron chi connectivity index (χ3n) is 2.34. The first-order chi connectivity index (χ1) is 11.4. The minimum absolute atomic E-state index is 0.0331. The topological polar surface area (TPSA) is 120 Å². The van der Waals surface area contributed by atoms with Crippen LogP contribution in [0.2, 0.25) is 15.1 Å². The van der Waals surface area contributed by atoms with Gasteiger partial charge < -0.3 is 16.2 Å². The number of halogens is 3. The second kappa shape index (κ2) is 10.9. The van der Waals surface area contributed by atoms with E-state index in [0.717, 1.165) is 0 Å². The Balaban J connectivity index is 2.27. The van der Waals surface area contributed by atoms with E-state index in [-0.39, 0.29) is 11.9 Å². The molecule has 1 aromatic carbocycles. The Labute approximate surface area is 154 Å². The molecule has 1 rings (SSSR count). The van der Waals surface area contributed by atoms with Crippen molar-refractivity contribution >= 4 is 53.1 Å². The van der Waals surface area contributed by atoms with Crippen LogP contribution in [0.25, 0.3) is 0 Å². The summed E-state index contributed by atoms with van der Waals surface area (Å²) in [6.07, 6.45) is 1.81. The summed E-state index contributed by atoms with van der Waals surface area (Å²) in [4.78, 5) is 16.1. The number of ether oxygens (including phenoxy) is 1. The van der Waals surface area contributed by atoms with Gasteiger partial charge in [-0.15, -0.1) is 0 Å². The maximum absolute atomic E-state index is 5.99. The van der Waals surface area contributed by atoms with E-state index in [2.05, 4.69) is 20.5 Å².